The molecule has 0 saturated carbocycles. The molecule has 0 aliphatic rings. The zero-order valence-corrected chi connectivity index (χ0v) is 8.12. The number of carboxylic acids is 1. The SMILES string of the molecule is O=C(O)c1c(F)cnc2ccc(Cl)cc12. The highest BCUT2D eigenvalue weighted by atomic mass is 35.5. The Morgan fingerprint density at radius 3 is 2.87 bits per heavy atom. The smallest absolute Gasteiger partial charge is 0.339 e. The van der Waals surface area contributed by atoms with E-state index < -0.39 is 17.3 Å². The molecule has 0 fully saturated rings. The summed E-state index contributed by atoms with van der Waals surface area (Å²) in [5, 5.41) is 9.39. The van der Waals surface area contributed by atoms with E-state index in [1.165, 1.54) is 6.07 Å². The molecule has 15 heavy (non-hydrogen) atoms. The number of hydrogen-bond acceptors (Lipinski definition) is 2. The first-order valence-corrected chi connectivity index (χ1v) is 4.44. The van der Waals surface area contributed by atoms with Crippen LogP contribution in [-0.2, 0) is 0 Å². The van der Waals surface area contributed by atoms with Crippen molar-refractivity contribution in [1.82, 2.24) is 4.98 Å². The van der Waals surface area contributed by atoms with Gasteiger partial charge in [-0.05, 0) is 18.2 Å². The monoisotopic (exact) mass is 225 g/mol. The van der Waals surface area contributed by atoms with Gasteiger partial charge in [-0.2, -0.15) is 0 Å². The molecule has 76 valence electrons. The lowest BCUT2D eigenvalue weighted by atomic mass is 10.1. The summed E-state index contributed by atoms with van der Waals surface area (Å²) in [7, 11) is 0. The number of rotatable bonds is 1. The summed E-state index contributed by atoms with van der Waals surface area (Å²) in [6.45, 7) is 0. The van der Waals surface area contributed by atoms with E-state index in [0.717, 1.165) is 6.20 Å². The van der Waals surface area contributed by atoms with Gasteiger partial charge in [0, 0.05) is 10.4 Å². The lowest BCUT2D eigenvalue weighted by molar-refractivity contribution is 0.0694. The molecule has 1 aromatic heterocycles. The summed E-state index contributed by atoms with van der Waals surface area (Å²) in [4.78, 5) is 14.6. The highest BCUT2D eigenvalue weighted by Crippen LogP contribution is 2.23. The van der Waals surface area contributed by atoms with Gasteiger partial charge < -0.3 is 5.11 Å². The molecule has 2 aromatic rings. The Morgan fingerprint density at radius 1 is 1.47 bits per heavy atom. The van der Waals surface area contributed by atoms with Crippen LogP contribution in [0.4, 0.5) is 4.39 Å². The minimum atomic E-state index is -1.33. The number of hydrogen-bond donors (Lipinski definition) is 1. The summed E-state index contributed by atoms with van der Waals surface area (Å²) in [6, 6.07) is 4.50. The number of carbonyl (C=O) groups is 1. The van der Waals surface area contributed by atoms with Gasteiger partial charge in [0.05, 0.1) is 11.7 Å². The molecular weight excluding hydrogens is 221 g/mol. The predicted molar refractivity (Wildman–Crippen MR) is 53.7 cm³/mol. The summed E-state index contributed by atoms with van der Waals surface area (Å²) < 4.78 is 13.2. The second kappa shape index (κ2) is 3.47. The van der Waals surface area contributed by atoms with E-state index in [-0.39, 0.29) is 5.39 Å². The Labute approximate surface area is 89.1 Å². The normalized spacial score (nSPS) is 10.5. The van der Waals surface area contributed by atoms with Gasteiger partial charge >= 0.3 is 5.97 Å². The third-order valence-electron chi connectivity index (χ3n) is 2.00. The molecule has 0 amide bonds. The molecule has 0 saturated heterocycles. The molecule has 3 nitrogen and oxygen atoms in total. The molecule has 0 aliphatic heterocycles. The van der Waals surface area contributed by atoms with E-state index in [2.05, 4.69) is 4.98 Å². The van der Waals surface area contributed by atoms with E-state index in [1.807, 2.05) is 0 Å². The van der Waals surface area contributed by atoms with Crippen molar-refractivity contribution >= 4 is 28.5 Å². The number of carboxylic acid groups (broad SMARTS) is 1. The largest absolute Gasteiger partial charge is 0.478 e. The highest BCUT2D eigenvalue weighted by Gasteiger charge is 2.15. The Kier molecular flexibility index (Phi) is 2.28. The Bertz CT molecular complexity index is 551. The quantitative estimate of drug-likeness (QED) is 0.812. The number of aromatic carboxylic acids is 1. The summed E-state index contributed by atoms with van der Waals surface area (Å²) in [6.07, 6.45) is 0.889. The lowest BCUT2D eigenvalue weighted by Crippen LogP contribution is -2.02. The van der Waals surface area contributed by atoms with Crippen LogP contribution in [0.1, 0.15) is 10.4 Å². The molecule has 0 unspecified atom stereocenters. The van der Waals surface area contributed by atoms with Crippen molar-refractivity contribution in [3.63, 3.8) is 0 Å². The number of aromatic nitrogens is 1. The van der Waals surface area contributed by atoms with Gasteiger partial charge in [0.2, 0.25) is 0 Å². The third-order valence-corrected chi connectivity index (χ3v) is 2.23. The van der Waals surface area contributed by atoms with E-state index in [1.54, 1.807) is 12.1 Å². The van der Waals surface area contributed by atoms with E-state index in [0.29, 0.717) is 10.5 Å². The molecular formula is C10H5ClFNO2. The molecule has 5 heteroatoms. The average Bonchev–Trinajstić information content (AvgIpc) is 2.16. The van der Waals surface area contributed by atoms with Crippen LogP contribution >= 0.6 is 11.6 Å². The van der Waals surface area contributed by atoms with Crippen LogP contribution in [0.3, 0.4) is 0 Å². The van der Waals surface area contributed by atoms with E-state index >= 15 is 0 Å². The van der Waals surface area contributed by atoms with Gasteiger partial charge in [0.1, 0.15) is 5.56 Å². The molecule has 0 atom stereocenters. The van der Waals surface area contributed by atoms with Crippen molar-refractivity contribution < 1.29 is 14.3 Å². The van der Waals surface area contributed by atoms with Gasteiger partial charge in [-0.3, -0.25) is 4.98 Å². The molecule has 1 heterocycles. The first kappa shape index (κ1) is 9.86. The Morgan fingerprint density at radius 2 is 2.20 bits per heavy atom. The summed E-state index contributed by atoms with van der Waals surface area (Å²) in [5.41, 5.74) is 0.000648. The number of halogens is 2. The molecule has 0 aliphatic carbocycles. The summed E-state index contributed by atoms with van der Waals surface area (Å²) >= 11 is 5.70. The summed E-state index contributed by atoms with van der Waals surface area (Å²) in [5.74, 6) is -2.19. The molecule has 1 aromatic carbocycles. The molecule has 2 rings (SSSR count). The topological polar surface area (TPSA) is 50.2 Å². The van der Waals surface area contributed by atoms with Crippen LogP contribution in [-0.4, -0.2) is 16.1 Å². The molecule has 0 bridgehead atoms. The van der Waals surface area contributed by atoms with Crippen molar-refractivity contribution in [1.29, 1.82) is 0 Å². The van der Waals surface area contributed by atoms with Crippen LogP contribution in [0.5, 0.6) is 0 Å². The van der Waals surface area contributed by atoms with Crippen LogP contribution in [0, 0.1) is 5.82 Å². The number of fused-ring (bicyclic) bond motifs is 1. The van der Waals surface area contributed by atoms with E-state index in [9.17, 15) is 9.18 Å². The molecule has 0 spiro atoms. The standard InChI is InChI=1S/C10H5ClFNO2/c11-5-1-2-8-6(3-5)9(10(14)15)7(12)4-13-8/h1-4H,(H,14,15). The average molecular weight is 226 g/mol. The van der Waals surface area contributed by atoms with Gasteiger partial charge in [-0.15, -0.1) is 0 Å². The fraction of sp³-hybridized carbons (Fsp3) is 0. The predicted octanol–water partition coefficient (Wildman–Crippen LogP) is 2.73. The van der Waals surface area contributed by atoms with Gasteiger partial charge in [-0.1, -0.05) is 11.6 Å². The van der Waals surface area contributed by atoms with Crippen LogP contribution in [0.25, 0.3) is 10.9 Å². The van der Waals surface area contributed by atoms with Crippen molar-refractivity contribution in [2.75, 3.05) is 0 Å². The maximum absolute atomic E-state index is 13.2. The zero-order valence-electron chi connectivity index (χ0n) is 7.37. The number of nitrogens with zero attached hydrogens (tertiary/aromatic N) is 1. The highest BCUT2D eigenvalue weighted by molar-refractivity contribution is 6.31. The third kappa shape index (κ3) is 1.64. The minimum Gasteiger partial charge on any atom is -0.478 e. The van der Waals surface area contributed by atoms with E-state index in [4.69, 9.17) is 16.7 Å². The van der Waals surface area contributed by atoms with Crippen LogP contribution < -0.4 is 0 Å². The molecule has 1 N–H and O–H groups in total. The Balaban J connectivity index is 2.90. The Hall–Kier alpha value is -1.68. The number of pyridine rings is 1. The van der Waals surface area contributed by atoms with Crippen LogP contribution in [0.2, 0.25) is 5.02 Å². The van der Waals surface area contributed by atoms with Gasteiger partial charge in [-0.25, -0.2) is 9.18 Å². The fourth-order valence-corrected chi connectivity index (χ4v) is 1.53. The maximum Gasteiger partial charge on any atom is 0.339 e. The second-order valence-electron chi connectivity index (χ2n) is 2.95. The van der Waals surface area contributed by atoms with Crippen molar-refractivity contribution in [2.45, 2.75) is 0 Å². The first-order chi connectivity index (χ1) is 7.09. The van der Waals surface area contributed by atoms with Crippen molar-refractivity contribution in [3.05, 3.63) is 40.8 Å². The molecule has 0 radical (unpaired) electrons. The maximum atomic E-state index is 13.2. The first-order valence-electron chi connectivity index (χ1n) is 4.06. The fourth-order valence-electron chi connectivity index (χ4n) is 1.36. The second-order valence-corrected chi connectivity index (χ2v) is 3.38. The van der Waals surface area contributed by atoms with Gasteiger partial charge in [0.15, 0.2) is 5.82 Å². The lowest BCUT2D eigenvalue weighted by Gasteiger charge is -2.03. The zero-order chi connectivity index (χ0) is 11.0. The van der Waals surface area contributed by atoms with Crippen molar-refractivity contribution in [3.8, 4) is 0 Å². The number of benzene rings is 1. The van der Waals surface area contributed by atoms with Crippen molar-refractivity contribution in [2.24, 2.45) is 0 Å². The van der Waals surface area contributed by atoms with Crippen LogP contribution in [0.15, 0.2) is 24.4 Å². The van der Waals surface area contributed by atoms with Gasteiger partial charge in [0.25, 0.3) is 0 Å². The minimum absolute atomic E-state index is 0.204.